The summed E-state index contributed by atoms with van der Waals surface area (Å²) < 4.78 is 11.4. The molecule has 0 unspecified atom stereocenters. The number of nitriles is 1. The Bertz CT molecular complexity index is 1160. The van der Waals surface area contributed by atoms with E-state index in [0.29, 0.717) is 36.8 Å². The molecular weight excluding hydrogens is 416 g/mol. The second-order valence-electron chi connectivity index (χ2n) is 7.62. The first-order valence-corrected chi connectivity index (χ1v) is 10.7. The molecule has 3 aromatic rings. The third-order valence-corrected chi connectivity index (χ3v) is 5.44. The zero-order valence-electron chi connectivity index (χ0n) is 18.1. The number of rotatable bonds is 8. The summed E-state index contributed by atoms with van der Waals surface area (Å²) in [6.07, 6.45) is 6.15. The van der Waals surface area contributed by atoms with Crippen molar-refractivity contribution in [1.29, 1.82) is 16.1 Å². The van der Waals surface area contributed by atoms with Gasteiger partial charge in [0.1, 0.15) is 23.7 Å². The summed E-state index contributed by atoms with van der Waals surface area (Å²) in [5.41, 5.74) is 3.81. The molecule has 0 radical (unpaired) electrons. The Labute approximate surface area is 192 Å². The van der Waals surface area contributed by atoms with Crippen LogP contribution in [0, 0.1) is 22.1 Å². The van der Waals surface area contributed by atoms with Crippen LogP contribution in [0.1, 0.15) is 29.8 Å². The van der Waals surface area contributed by atoms with Crippen LogP contribution in [0.3, 0.4) is 0 Å². The topological polar surface area (TPSA) is 119 Å². The number of hydrogen-bond acceptors (Lipinski definition) is 7. The van der Waals surface area contributed by atoms with E-state index in [2.05, 4.69) is 16.0 Å². The lowest BCUT2D eigenvalue weighted by Gasteiger charge is -2.23. The van der Waals surface area contributed by atoms with Crippen LogP contribution in [0.5, 0.6) is 5.75 Å². The van der Waals surface area contributed by atoms with Gasteiger partial charge in [0.2, 0.25) is 0 Å². The van der Waals surface area contributed by atoms with Gasteiger partial charge in [-0.25, -0.2) is 9.97 Å². The van der Waals surface area contributed by atoms with Crippen LogP contribution in [0.15, 0.2) is 54.7 Å². The zero-order valence-corrected chi connectivity index (χ0v) is 18.1. The van der Waals surface area contributed by atoms with Gasteiger partial charge in [-0.05, 0) is 42.0 Å². The van der Waals surface area contributed by atoms with E-state index in [1.165, 1.54) is 4.90 Å². The third kappa shape index (κ3) is 5.40. The van der Waals surface area contributed by atoms with Crippen LogP contribution in [0.2, 0.25) is 0 Å². The molecule has 0 saturated carbocycles. The number of anilines is 1. The molecule has 0 spiro atoms. The third-order valence-electron chi connectivity index (χ3n) is 5.44. The maximum atomic E-state index is 9.65. The van der Waals surface area contributed by atoms with E-state index < -0.39 is 0 Å². The first-order chi connectivity index (χ1) is 16.2. The maximum absolute atomic E-state index is 9.65. The van der Waals surface area contributed by atoms with Gasteiger partial charge in [-0.1, -0.05) is 12.1 Å². The van der Waals surface area contributed by atoms with Gasteiger partial charge < -0.3 is 9.47 Å². The average molecular weight is 441 g/mol. The summed E-state index contributed by atoms with van der Waals surface area (Å²) in [4.78, 5) is 10.5. The minimum atomic E-state index is 0.0684. The molecule has 166 valence electrons. The van der Waals surface area contributed by atoms with Crippen molar-refractivity contribution in [3.05, 3.63) is 71.7 Å². The van der Waals surface area contributed by atoms with Gasteiger partial charge in [-0.15, -0.1) is 0 Å². The molecule has 0 amide bonds. The van der Waals surface area contributed by atoms with Gasteiger partial charge in [0, 0.05) is 36.7 Å². The maximum Gasteiger partial charge on any atom is 0.137 e. The molecule has 1 fully saturated rings. The normalized spacial score (nSPS) is 13.7. The van der Waals surface area contributed by atoms with Crippen molar-refractivity contribution in [2.75, 3.05) is 18.1 Å². The molecule has 33 heavy (non-hydrogen) atoms. The monoisotopic (exact) mass is 440 g/mol. The van der Waals surface area contributed by atoms with Crippen molar-refractivity contribution in [3.8, 4) is 23.1 Å². The van der Waals surface area contributed by atoms with Gasteiger partial charge in [-0.2, -0.15) is 5.26 Å². The molecule has 8 nitrogen and oxygen atoms in total. The summed E-state index contributed by atoms with van der Waals surface area (Å²) in [6.45, 7) is 1.36. The highest BCUT2D eigenvalue weighted by Crippen LogP contribution is 2.27. The highest BCUT2D eigenvalue weighted by molar-refractivity contribution is 5.97. The van der Waals surface area contributed by atoms with Gasteiger partial charge >= 0.3 is 0 Å². The van der Waals surface area contributed by atoms with Crippen molar-refractivity contribution in [3.63, 3.8) is 0 Å². The van der Waals surface area contributed by atoms with Crippen LogP contribution in [0.25, 0.3) is 11.3 Å². The van der Waals surface area contributed by atoms with E-state index in [9.17, 15) is 5.26 Å². The number of hydrogen-bond donors (Lipinski definition) is 2. The predicted molar refractivity (Wildman–Crippen MR) is 126 cm³/mol. The van der Waals surface area contributed by atoms with E-state index in [1.807, 2.05) is 42.5 Å². The second kappa shape index (κ2) is 10.5. The lowest BCUT2D eigenvalue weighted by atomic mass is 10.1. The van der Waals surface area contributed by atoms with Gasteiger partial charge in [0.15, 0.2) is 0 Å². The minimum Gasteiger partial charge on any atom is -0.489 e. The fraction of sp³-hybridized carbons (Fsp3) is 0.240. The molecule has 2 N–H and O–H groups in total. The van der Waals surface area contributed by atoms with Crippen molar-refractivity contribution >= 4 is 18.4 Å². The second-order valence-corrected chi connectivity index (χ2v) is 7.62. The number of aromatic nitrogens is 2. The molecule has 2 heterocycles. The lowest BCUT2D eigenvalue weighted by molar-refractivity contribution is 0.0254. The Balaban J connectivity index is 1.50. The van der Waals surface area contributed by atoms with Crippen LogP contribution < -0.4 is 9.64 Å². The van der Waals surface area contributed by atoms with Gasteiger partial charge in [-0.3, -0.25) is 15.7 Å². The molecule has 8 heteroatoms. The first kappa shape index (κ1) is 22.1. The summed E-state index contributed by atoms with van der Waals surface area (Å²) >= 11 is 0. The van der Waals surface area contributed by atoms with Crippen molar-refractivity contribution in [2.45, 2.75) is 25.4 Å². The SMILES string of the molecule is N#Cc1cc(-c2ccnc(Cc3ccc(N(C=N)C=N)cc3)n2)ccc1OC1CCOCC1. The largest absolute Gasteiger partial charge is 0.489 e. The molecule has 1 aliphatic rings. The van der Waals surface area contributed by atoms with Crippen LogP contribution >= 0.6 is 0 Å². The Morgan fingerprint density at radius 1 is 1.09 bits per heavy atom. The predicted octanol–water partition coefficient (Wildman–Crippen LogP) is 4.18. The molecule has 0 aliphatic carbocycles. The number of nitrogens with zero attached hydrogens (tertiary/aromatic N) is 4. The minimum absolute atomic E-state index is 0.0684. The Hall–Kier alpha value is -4.09. The fourth-order valence-corrected chi connectivity index (χ4v) is 3.65. The number of nitrogens with one attached hydrogen (secondary N) is 2. The van der Waals surface area contributed by atoms with E-state index in [-0.39, 0.29) is 6.10 Å². The van der Waals surface area contributed by atoms with Gasteiger partial charge in [0.25, 0.3) is 0 Å². The molecule has 1 saturated heterocycles. The smallest absolute Gasteiger partial charge is 0.137 e. The lowest BCUT2D eigenvalue weighted by Crippen LogP contribution is -2.26. The average Bonchev–Trinajstić information content (AvgIpc) is 2.87. The van der Waals surface area contributed by atoms with Crippen molar-refractivity contribution in [1.82, 2.24) is 9.97 Å². The highest BCUT2D eigenvalue weighted by Gasteiger charge is 2.17. The first-order valence-electron chi connectivity index (χ1n) is 10.7. The molecule has 2 aromatic carbocycles. The Morgan fingerprint density at radius 3 is 2.55 bits per heavy atom. The van der Waals surface area contributed by atoms with Crippen LogP contribution in [-0.2, 0) is 11.2 Å². The van der Waals surface area contributed by atoms with E-state index in [0.717, 1.165) is 48.0 Å². The standard InChI is InChI=1S/C25H24N6O2/c26-15-20-14-19(3-6-24(20)33-22-8-11-32-12-9-22)23-7-10-29-25(30-23)13-18-1-4-21(5-2-18)31(16-27)17-28/h1-7,10,14,16-17,22,27-28H,8-9,11-13H2. The highest BCUT2D eigenvalue weighted by atomic mass is 16.5. The van der Waals surface area contributed by atoms with Gasteiger partial charge in [0.05, 0.1) is 37.1 Å². The van der Waals surface area contributed by atoms with Crippen molar-refractivity contribution in [2.24, 2.45) is 0 Å². The molecule has 0 bridgehead atoms. The Morgan fingerprint density at radius 2 is 1.85 bits per heavy atom. The summed E-state index contributed by atoms with van der Waals surface area (Å²) in [7, 11) is 0. The quantitative estimate of drug-likeness (QED) is 0.400. The molecule has 1 aliphatic heterocycles. The van der Waals surface area contributed by atoms with E-state index in [1.54, 1.807) is 12.3 Å². The Kier molecular flexibility index (Phi) is 7.03. The summed E-state index contributed by atoms with van der Waals surface area (Å²) in [5, 5.41) is 24.3. The molecular formula is C25H24N6O2. The summed E-state index contributed by atoms with van der Waals surface area (Å²) in [6, 6.07) is 17.2. The van der Waals surface area contributed by atoms with E-state index >= 15 is 0 Å². The molecule has 0 atom stereocenters. The fourth-order valence-electron chi connectivity index (χ4n) is 3.65. The number of ether oxygens (including phenoxy) is 2. The molecule has 1 aromatic heterocycles. The zero-order chi connectivity index (χ0) is 23.0. The summed E-state index contributed by atoms with van der Waals surface area (Å²) in [5.74, 6) is 1.25. The van der Waals surface area contributed by atoms with Crippen LogP contribution in [0.4, 0.5) is 5.69 Å². The number of benzene rings is 2. The van der Waals surface area contributed by atoms with Crippen LogP contribution in [-0.4, -0.2) is 42.0 Å². The van der Waals surface area contributed by atoms with Crippen molar-refractivity contribution < 1.29 is 9.47 Å². The molecule has 4 rings (SSSR count). The van der Waals surface area contributed by atoms with E-state index in [4.69, 9.17) is 20.3 Å².